The minimum absolute atomic E-state index is 0.0254. The topological polar surface area (TPSA) is 67.4 Å². The third-order valence-corrected chi connectivity index (χ3v) is 4.86. The molecule has 2 aromatic rings. The number of hydrogen-bond donors (Lipinski definition) is 1. The number of morpholine rings is 1. The highest BCUT2D eigenvalue weighted by Gasteiger charge is 2.15. The van der Waals surface area contributed by atoms with E-state index in [-0.39, 0.29) is 11.9 Å². The van der Waals surface area contributed by atoms with Crippen LogP contribution in [0, 0.1) is 0 Å². The highest BCUT2D eigenvalue weighted by molar-refractivity contribution is 8.00. The Bertz CT molecular complexity index is 732. The molecule has 1 aliphatic rings. The zero-order chi connectivity index (χ0) is 17.6. The largest absolute Gasteiger partial charge is 0.379 e. The van der Waals surface area contributed by atoms with Crippen LogP contribution in [0.15, 0.2) is 29.3 Å². The van der Waals surface area contributed by atoms with Crippen LogP contribution < -0.4 is 5.32 Å². The Morgan fingerprint density at radius 1 is 1.28 bits per heavy atom. The Kier molecular flexibility index (Phi) is 6.23. The van der Waals surface area contributed by atoms with Crippen LogP contribution >= 0.6 is 11.8 Å². The molecule has 1 saturated heterocycles. The first-order valence-corrected chi connectivity index (χ1v) is 9.58. The van der Waals surface area contributed by atoms with Crippen LogP contribution in [0.2, 0.25) is 0 Å². The van der Waals surface area contributed by atoms with Crippen molar-refractivity contribution >= 4 is 28.6 Å². The first-order valence-electron chi connectivity index (χ1n) is 8.60. The molecule has 6 nitrogen and oxygen atoms in total. The molecule has 3 rings (SSSR count). The summed E-state index contributed by atoms with van der Waals surface area (Å²) in [6, 6.07) is 8.11. The summed E-state index contributed by atoms with van der Waals surface area (Å²) in [5.41, 5.74) is 0.924. The van der Waals surface area contributed by atoms with Crippen molar-refractivity contribution in [2.75, 3.05) is 32.1 Å². The fraction of sp³-hybridized carbons (Fsp3) is 0.500. The maximum Gasteiger partial charge on any atom is 0.230 e. The summed E-state index contributed by atoms with van der Waals surface area (Å²) in [5, 5.41) is 4.78. The summed E-state index contributed by atoms with van der Waals surface area (Å²) >= 11 is 1.47. The Morgan fingerprint density at radius 3 is 2.80 bits per heavy atom. The zero-order valence-electron chi connectivity index (χ0n) is 14.7. The van der Waals surface area contributed by atoms with Crippen molar-refractivity contribution in [3.8, 4) is 0 Å². The van der Waals surface area contributed by atoms with Gasteiger partial charge in [0.25, 0.3) is 0 Å². The minimum Gasteiger partial charge on any atom is -0.379 e. The average Bonchev–Trinajstić information content (AvgIpc) is 2.60. The highest BCUT2D eigenvalue weighted by Crippen LogP contribution is 2.25. The molecule has 0 aliphatic carbocycles. The summed E-state index contributed by atoms with van der Waals surface area (Å²) in [7, 11) is 0. The number of hydrogen-bond acceptors (Lipinski definition) is 6. The SMILES string of the molecule is CC(C)NC(=O)CSc1nc(CN2CCOCC2)nc2ccccc12. The molecule has 1 amide bonds. The summed E-state index contributed by atoms with van der Waals surface area (Å²) in [5.74, 6) is 1.18. The van der Waals surface area contributed by atoms with Crippen LogP contribution in [0.25, 0.3) is 10.9 Å². The van der Waals surface area contributed by atoms with Gasteiger partial charge in [-0.2, -0.15) is 0 Å². The standard InChI is InChI=1S/C18H24N4O2S/c1-13(2)19-17(23)12-25-18-14-5-3-4-6-15(14)20-16(21-18)11-22-7-9-24-10-8-22/h3-6,13H,7-12H2,1-2H3,(H,19,23). The summed E-state index contributed by atoms with van der Waals surface area (Å²) in [6.45, 7) is 7.94. The fourth-order valence-electron chi connectivity index (χ4n) is 2.73. The van der Waals surface area contributed by atoms with E-state index in [0.29, 0.717) is 12.3 Å². The zero-order valence-corrected chi connectivity index (χ0v) is 15.5. The maximum absolute atomic E-state index is 12.0. The number of ether oxygens (including phenoxy) is 1. The normalized spacial score (nSPS) is 15.6. The lowest BCUT2D eigenvalue weighted by molar-refractivity contribution is -0.119. The van der Waals surface area contributed by atoms with Crippen molar-refractivity contribution in [1.29, 1.82) is 0 Å². The number of para-hydroxylation sites is 1. The van der Waals surface area contributed by atoms with Crippen LogP contribution in [0.4, 0.5) is 0 Å². The van der Waals surface area contributed by atoms with E-state index in [0.717, 1.165) is 48.1 Å². The lowest BCUT2D eigenvalue weighted by Gasteiger charge is -2.25. The number of aromatic nitrogens is 2. The van der Waals surface area contributed by atoms with Gasteiger partial charge in [0.2, 0.25) is 5.91 Å². The maximum atomic E-state index is 12.0. The third-order valence-electron chi connectivity index (χ3n) is 3.87. The van der Waals surface area contributed by atoms with Gasteiger partial charge in [0.05, 0.1) is 31.0 Å². The summed E-state index contributed by atoms with van der Waals surface area (Å²) in [6.07, 6.45) is 0. The van der Waals surface area contributed by atoms with Crippen molar-refractivity contribution < 1.29 is 9.53 Å². The molecule has 1 aromatic heterocycles. The van der Waals surface area contributed by atoms with Crippen molar-refractivity contribution in [2.24, 2.45) is 0 Å². The molecular formula is C18H24N4O2S. The second-order valence-corrected chi connectivity index (χ2v) is 7.33. The van der Waals surface area contributed by atoms with E-state index in [1.165, 1.54) is 11.8 Å². The van der Waals surface area contributed by atoms with Gasteiger partial charge in [-0.05, 0) is 19.9 Å². The molecule has 0 atom stereocenters. The first-order chi connectivity index (χ1) is 12.1. The molecule has 2 heterocycles. The Morgan fingerprint density at radius 2 is 2.04 bits per heavy atom. The van der Waals surface area contributed by atoms with Gasteiger partial charge in [-0.15, -0.1) is 0 Å². The Hall–Kier alpha value is -1.70. The number of thioether (sulfide) groups is 1. The van der Waals surface area contributed by atoms with Crippen molar-refractivity contribution in [3.63, 3.8) is 0 Å². The summed E-state index contributed by atoms with van der Waals surface area (Å²) in [4.78, 5) is 23.7. The van der Waals surface area contributed by atoms with E-state index in [9.17, 15) is 4.79 Å². The van der Waals surface area contributed by atoms with E-state index in [1.807, 2.05) is 38.1 Å². The number of carbonyl (C=O) groups is 1. The van der Waals surface area contributed by atoms with E-state index < -0.39 is 0 Å². The quantitative estimate of drug-likeness (QED) is 0.628. The lowest BCUT2D eigenvalue weighted by Crippen LogP contribution is -2.36. The molecule has 7 heteroatoms. The first kappa shape index (κ1) is 18.1. The van der Waals surface area contributed by atoms with Gasteiger partial charge in [0, 0.05) is 24.5 Å². The number of amides is 1. The molecule has 0 spiro atoms. The predicted octanol–water partition coefficient (Wildman–Crippen LogP) is 2.08. The average molecular weight is 360 g/mol. The molecule has 25 heavy (non-hydrogen) atoms. The van der Waals surface area contributed by atoms with Gasteiger partial charge in [-0.25, -0.2) is 9.97 Å². The van der Waals surface area contributed by atoms with Gasteiger partial charge in [0.1, 0.15) is 10.9 Å². The van der Waals surface area contributed by atoms with E-state index in [4.69, 9.17) is 14.7 Å². The van der Waals surface area contributed by atoms with Crippen LogP contribution in [0.5, 0.6) is 0 Å². The molecule has 0 unspecified atom stereocenters. The predicted molar refractivity (Wildman–Crippen MR) is 99.6 cm³/mol. The van der Waals surface area contributed by atoms with E-state index in [2.05, 4.69) is 10.2 Å². The number of nitrogens with one attached hydrogen (secondary N) is 1. The molecule has 1 aliphatic heterocycles. The Balaban J connectivity index is 1.78. The molecule has 0 radical (unpaired) electrons. The van der Waals surface area contributed by atoms with E-state index in [1.54, 1.807) is 0 Å². The molecular weight excluding hydrogens is 336 g/mol. The molecule has 0 bridgehead atoms. The number of nitrogens with zero attached hydrogens (tertiary/aromatic N) is 3. The number of carbonyl (C=O) groups excluding carboxylic acids is 1. The monoisotopic (exact) mass is 360 g/mol. The smallest absolute Gasteiger partial charge is 0.230 e. The van der Waals surface area contributed by atoms with Crippen LogP contribution in [0.3, 0.4) is 0 Å². The molecule has 0 saturated carbocycles. The summed E-state index contributed by atoms with van der Waals surface area (Å²) < 4.78 is 5.40. The van der Waals surface area contributed by atoms with Gasteiger partial charge >= 0.3 is 0 Å². The second kappa shape index (κ2) is 8.60. The molecule has 1 N–H and O–H groups in total. The molecule has 1 fully saturated rings. The molecule has 1 aromatic carbocycles. The van der Waals surface area contributed by atoms with Crippen LogP contribution in [-0.4, -0.2) is 58.9 Å². The fourth-order valence-corrected chi connectivity index (χ4v) is 3.58. The highest BCUT2D eigenvalue weighted by atomic mass is 32.2. The lowest BCUT2D eigenvalue weighted by atomic mass is 10.2. The Labute approximate surface area is 152 Å². The second-order valence-electron chi connectivity index (χ2n) is 6.36. The van der Waals surface area contributed by atoms with E-state index >= 15 is 0 Å². The minimum atomic E-state index is 0.0254. The van der Waals surface area contributed by atoms with Crippen molar-refractivity contribution in [3.05, 3.63) is 30.1 Å². The molecule has 134 valence electrons. The number of benzene rings is 1. The third kappa shape index (κ3) is 5.14. The van der Waals surface area contributed by atoms with Crippen molar-refractivity contribution in [2.45, 2.75) is 31.5 Å². The van der Waals surface area contributed by atoms with Gasteiger partial charge in [0.15, 0.2) is 0 Å². The van der Waals surface area contributed by atoms with Crippen LogP contribution in [-0.2, 0) is 16.1 Å². The van der Waals surface area contributed by atoms with Gasteiger partial charge in [-0.3, -0.25) is 9.69 Å². The van der Waals surface area contributed by atoms with Crippen molar-refractivity contribution in [1.82, 2.24) is 20.2 Å². The van der Waals surface area contributed by atoms with Crippen LogP contribution in [0.1, 0.15) is 19.7 Å². The van der Waals surface area contributed by atoms with Gasteiger partial charge in [-0.1, -0.05) is 30.0 Å². The van der Waals surface area contributed by atoms with Gasteiger partial charge < -0.3 is 10.1 Å². The number of fused-ring (bicyclic) bond motifs is 1. The number of rotatable bonds is 6.